The van der Waals surface area contributed by atoms with Crippen molar-refractivity contribution >= 4 is 28.7 Å². The molecule has 2 saturated heterocycles. The molecule has 0 N–H and O–H groups in total. The Hall–Kier alpha value is -4.97. The highest BCUT2D eigenvalue weighted by molar-refractivity contribution is 6.15. The van der Waals surface area contributed by atoms with Crippen molar-refractivity contribution in [2.45, 2.75) is 128 Å². The molecule has 6 heterocycles. The predicted molar refractivity (Wildman–Crippen MR) is 261 cm³/mol. The van der Waals surface area contributed by atoms with Gasteiger partial charge < -0.3 is 28.4 Å². The number of carbonyl (C=O) groups excluding carboxylic acids is 3. The van der Waals surface area contributed by atoms with Gasteiger partial charge in [-0.3, -0.25) is 24.2 Å². The topological polar surface area (TPSA) is 92.5 Å². The zero-order valence-corrected chi connectivity index (χ0v) is 41.8. The number of fused-ring (bicyclic) bond motifs is 4. The van der Waals surface area contributed by atoms with Gasteiger partial charge in [-0.2, -0.15) is 26.3 Å². The number of halogens is 6. The van der Waals surface area contributed by atoms with E-state index in [1.54, 1.807) is 24.3 Å². The van der Waals surface area contributed by atoms with Gasteiger partial charge in [-0.15, -0.1) is 0 Å². The number of alkyl halides is 6. The molecule has 4 fully saturated rings. The van der Waals surface area contributed by atoms with Gasteiger partial charge in [0.05, 0.1) is 61.7 Å². The molecule has 2 aromatic heterocycles. The third kappa shape index (κ3) is 9.56. The standard InChI is InChI=1S/C55H66F6N6O5/c1-50(13-14-50)48(69)41-9-11-45-52(62(3)27-29-66(41)45)17-23-64(24-18-52)43-33-37(35-71-31-21-54(56,57)58)5-7-39(43)47(68)40-8-6-38(36-72-32-22-55(59,60)61)34-44(40)65-25-19-53(20-26-65)46-12-10-42(49(70)51(2)15-16-51)67(46)30-28-63(53)4/h5-12,33-34H,13-32,35-36H2,1-4H3. The van der Waals surface area contributed by atoms with Crippen LogP contribution in [0.1, 0.15) is 137 Å². The first kappa shape index (κ1) is 50.6. The third-order valence-corrected chi connectivity index (χ3v) is 17.3. The first-order valence-electron chi connectivity index (χ1n) is 25.7. The minimum absolute atomic E-state index is 0.0854. The van der Waals surface area contributed by atoms with E-state index >= 15 is 4.79 Å². The summed E-state index contributed by atoms with van der Waals surface area (Å²) < 4.78 is 94.0. The van der Waals surface area contributed by atoms with E-state index in [1.165, 1.54) is 0 Å². The van der Waals surface area contributed by atoms with Crippen molar-refractivity contribution in [3.05, 3.63) is 106 Å². The van der Waals surface area contributed by atoms with Crippen molar-refractivity contribution in [1.29, 1.82) is 0 Å². The van der Waals surface area contributed by atoms with E-state index < -0.39 is 38.4 Å². The number of hydrogen-bond donors (Lipinski definition) is 0. The first-order valence-corrected chi connectivity index (χ1v) is 25.7. The highest BCUT2D eigenvalue weighted by atomic mass is 19.4. The van der Waals surface area contributed by atoms with Crippen LogP contribution in [0.2, 0.25) is 0 Å². The molecule has 17 heteroatoms. The summed E-state index contributed by atoms with van der Waals surface area (Å²) in [5, 5.41) is 0. The van der Waals surface area contributed by atoms with E-state index in [-0.39, 0.29) is 52.5 Å². The van der Waals surface area contributed by atoms with Crippen molar-refractivity contribution < 1.29 is 50.2 Å². The maximum atomic E-state index is 15.4. The molecule has 388 valence electrons. The van der Waals surface area contributed by atoms with Crippen molar-refractivity contribution in [2.24, 2.45) is 10.8 Å². The molecule has 0 amide bonds. The number of ketones is 3. The van der Waals surface area contributed by atoms with Crippen LogP contribution in [-0.2, 0) is 46.9 Å². The van der Waals surface area contributed by atoms with Crippen LogP contribution in [0.4, 0.5) is 37.7 Å². The molecule has 2 aliphatic carbocycles. The summed E-state index contributed by atoms with van der Waals surface area (Å²) in [6.45, 7) is 8.03. The Morgan fingerprint density at radius 1 is 0.514 bits per heavy atom. The van der Waals surface area contributed by atoms with E-state index in [0.29, 0.717) is 98.6 Å². The van der Waals surface area contributed by atoms with Gasteiger partial charge >= 0.3 is 12.4 Å². The number of ether oxygens (including phenoxy) is 2. The van der Waals surface area contributed by atoms with Gasteiger partial charge in [0.15, 0.2) is 17.3 Å². The minimum Gasteiger partial charge on any atom is -0.376 e. The zero-order chi connectivity index (χ0) is 51.0. The quantitative estimate of drug-likeness (QED) is 0.0618. The molecule has 0 atom stereocenters. The second-order valence-electron chi connectivity index (χ2n) is 22.0. The van der Waals surface area contributed by atoms with Crippen LogP contribution in [0.15, 0.2) is 60.7 Å². The number of anilines is 2. The van der Waals surface area contributed by atoms with Crippen LogP contribution >= 0.6 is 0 Å². The number of aromatic nitrogens is 2. The second-order valence-corrected chi connectivity index (χ2v) is 22.0. The SMILES string of the molecule is CN1CCn2c(C(=O)C3(C)CC3)ccc2C12CCN(c1cc(COCCC(F)(F)F)ccc1C(=O)c1ccc(COCCC(F)(F)F)cc1N1CCC3(CC1)c1ccc(C(=O)C4(C)CC4)n1CCN3C)CC2. The molecule has 11 nitrogen and oxygen atoms in total. The minimum atomic E-state index is -4.37. The van der Waals surface area contributed by atoms with Gasteiger partial charge in [-0.1, -0.05) is 26.0 Å². The van der Waals surface area contributed by atoms with E-state index in [0.717, 1.165) is 61.5 Å². The molecule has 4 aliphatic heterocycles. The molecular weight excluding hydrogens is 939 g/mol. The van der Waals surface area contributed by atoms with Gasteiger partial charge in [-0.05, 0) is 125 Å². The summed E-state index contributed by atoms with van der Waals surface area (Å²) in [5.74, 6) is 0.112. The van der Waals surface area contributed by atoms with E-state index in [9.17, 15) is 35.9 Å². The lowest BCUT2D eigenvalue weighted by Crippen LogP contribution is -2.56. The van der Waals surface area contributed by atoms with Gasteiger partial charge in [0.25, 0.3) is 0 Å². The molecule has 4 aromatic rings. The van der Waals surface area contributed by atoms with Crippen LogP contribution in [0.5, 0.6) is 0 Å². The van der Waals surface area contributed by atoms with Gasteiger partial charge in [0, 0.05) is 97.1 Å². The average Bonchev–Trinajstić information content (AvgIpc) is 4.18. The summed E-state index contributed by atoms with van der Waals surface area (Å²) in [7, 11) is 4.24. The Balaban J connectivity index is 0.955. The van der Waals surface area contributed by atoms with E-state index in [4.69, 9.17) is 9.47 Å². The molecule has 72 heavy (non-hydrogen) atoms. The Bertz CT molecular complexity index is 2540. The number of rotatable bonds is 16. The number of likely N-dealkylation sites (N-methyl/N-ethyl adjacent to an activating group) is 2. The maximum Gasteiger partial charge on any atom is 0.391 e. The smallest absolute Gasteiger partial charge is 0.376 e. The summed E-state index contributed by atoms with van der Waals surface area (Å²) >= 11 is 0. The largest absolute Gasteiger partial charge is 0.391 e. The average molecular weight is 1010 g/mol. The number of Topliss-reactive ketones (excluding diaryl/α,β-unsaturated/α-hetero) is 2. The summed E-state index contributed by atoms with van der Waals surface area (Å²) in [6.07, 6.45) is -4.58. The molecule has 6 aliphatic rings. The molecule has 2 spiro atoms. The molecule has 0 radical (unpaired) electrons. The van der Waals surface area contributed by atoms with Gasteiger partial charge in [0.2, 0.25) is 0 Å². The van der Waals surface area contributed by atoms with Crippen LogP contribution in [0.25, 0.3) is 0 Å². The fraction of sp³-hybridized carbons (Fsp3) is 0.582. The second kappa shape index (κ2) is 18.8. The number of hydrogen-bond acceptors (Lipinski definition) is 9. The van der Waals surface area contributed by atoms with Crippen LogP contribution in [0, 0.1) is 10.8 Å². The summed E-state index contributed by atoms with van der Waals surface area (Å²) in [5.41, 5.74) is 5.72. The number of piperidine rings is 2. The highest BCUT2D eigenvalue weighted by Crippen LogP contribution is 2.51. The van der Waals surface area contributed by atoms with Crippen LogP contribution in [0.3, 0.4) is 0 Å². The maximum absolute atomic E-state index is 15.4. The lowest BCUT2D eigenvalue weighted by molar-refractivity contribution is -0.147. The predicted octanol–water partition coefficient (Wildman–Crippen LogP) is 10.3. The van der Waals surface area contributed by atoms with E-state index in [1.807, 2.05) is 38.1 Å². The van der Waals surface area contributed by atoms with Crippen molar-refractivity contribution in [3.8, 4) is 0 Å². The Morgan fingerprint density at radius 2 is 0.889 bits per heavy atom. The Morgan fingerprint density at radius 3 is 1.24 bits per heavy atom. The Labute approximate surface area is 417 Å². The van der Waals surface area contributed by atoms with Gasteiger partial charge in [-0.25, -0.2) is 0 Å². The first-order chi connectivity index (χ1) is 34.1. The molecule has 2 aromatic carbocycles. The van der Waals surface area contributed by atoms with Crippen LogP contribution < -0.4 is 9.80 Å². The van der Waals surface area contributed by atoms with Crippen molar-refractivity contribution in [3.63, 3.8) is 0 Å². The molecule has 10 rings (SSSR count). The van der Waals surface area contributed by atoms with Crippen molar-refractivity contribution in [2.75, 3.05) is 76.4 Å². The number of carbonyl (C=O) groups is 3. The number of nitrogens with zero attached hydrogens (tertiary/aromatic N) is 6. The monoisotopic (exact) mass is 1000 g/mol. The normalized spacial score (nSPS) is 21.2. The highest BCUT2D eigenvalue weighted by Gasteiger charge is 2.51. The van der Waals surface area contributed by atoms with Crippen molar-refractivity contribution in [1.82, 2.24) is 18.9 Å². The van der Waals surface area contributed by atoms with Crippen LogP contribution in [-0.4, -0.2) is 115 Å². The fourth-order valence-corrected chi connectivity index (χ4v) is 12.0. The fourth-order valence-electron chi connectivity index (χ4n) is 12.0. The summed E-state index contributed by atoms with van der Waals surface area (Å²) in [6, 6.07) is 18.8. The molecular formula is C55H66F6N6O5. The molecule has 0 unspecified atom stereocenters. The zero-order valence-electron chi connectivity index (χ0n) is 41.8. The number of benzene rings is 2. The lowest BCUT2D eigenvalue weighted by atomic mass is 9.80. The van der Waals surface area contributed by atoms with E-state index in [2.05, 4.69) is 55.0 Å². The lowest BCUT2D eigenvalue weighted by Gasteiger charge is -2.51. The molecule has 2 saturated carbocycles. The summed E-state index contributed by atoms with van der Waals surface area (Å²) in [4.78, 5) is 51.8. The Kier molecular flexibility index (Phi) is 13.2. The third-order valence-electron chi connectivity index (χ3n) is 17.3. The molecule has 0 bridgehead atoms. The van der Waals surface area contributed by atoms with Gasteiger partial charge in [0.1, 0.15) is 0 Å².